The van der Waals surface area contributed by atoms with Gasteiger partial charge in [-0.2, -0.15) is 0 Å². The summed E-state index contributed by atoms with van der Waals surface area (Å²) in [5.41, 5.74) is 1.18. The summed E-state index contributed by atoms with van der Waals surface area (Å²) in [7, 11) is 3.32. The van der Waals surface area contributed by atoms with Gasteiger partial charge >= 0.3 is 5.97 Å². The van der Waals surface area contributed by atoms with Crippen LogP contribution in [0, 0.1) is 6.92 Å². The molecule has 1 amide bonds. The number of aryl methyl sites for hydroxylation is 1. The molecule has 2 heterocycles. The zero-order chi connectivity index (χ0) is 19.6. The minimum Gasteiger partial charge on any atom is -0.462 e. The zero-order valence-electron chi connectivity index (χ0n) is 15.6. The number of fused-ring (bicyclic) bond motifs is 1. The van der Waals surface area contributed by atoms with Gasteiger partial charge in [0.25, 0.3) is 5.91 Å². The molecule has 2 aromatic heterocycles. The summed E-state index contributed by atoms with van der Waals surface area (Å²) >= 11 is 0. The highest BCUT2D eigenvalue weighted by Gasteiger charge is 2.16. The summed E-state index contributed by atoms with van der Waals surface area (Å²) in [6.07, 6.45) is 1.46. The maximum absolute atomic E-state index is 12.1. The Balaban J connectivity index is 1.95. The van der Waals surface area contributed by atoms with Crippen molar-refractivity contribution in [1.29, 1.82) is 0 Å². The van der Waals surface area contributed by atoms with E-state index in [0.29, 0.717) is 34.1 Å². The van der Waals surface area contributed by atoms with E-state index in [1.54, 1.807) is 45.3 Å². The summed E-state index contributed by atoms with van der Waals surface area (Å²) in [5, 5.41) is 0.731. The number of carbonyl (C=O) groups excluding carboxylic acids is 2. The number of amides is 1. The third-order valence-electron chi connectivity index (χ3n) is 3.82. The Bertz CT molecular complexity index is 990. The Labute approximate surface area is 156 Å². The second kappa shape index (κ2) is 7.49. The molecule has 0 unspecified atom stereocenters. The molecule has 0 N–H and O–H groups in total. The van der Waals surface area contributed by atoms with Gasteiger partial charge in [-0.05, 0) is 44.2 Å². The Kier molecular flexibility index (Phi) is 5.12. The molecule has 0 radical (unpaired) electrons. The molecule has 1 aromatic carbocycles. The van der Waals surface area contributed by atoms with Gasteiger partial charge in [-0.1, -0.05) is 0 Å². The van der Waals surface area contributed by atoms with Crippen molar-refractivity contribution >= 4 is 22.8 Å². The molecule has 0 bridgehead atoms. The fourth-order valence-corrected chi connectivity index (χ4v) is 2.57. The fraction of sp³-hybridized carbons (Fsp3) is 0.250. The van der Waals surface area contributed by atoms with Crippen molar-refractivity contribution in [2.75, 3.05) is 20.7 Å². The zero-order valence-corrected chi connectivity index (χ0v) is 15.6. The highest BCUT2D eigenvalue weighted by Crippen LogP contribution is 2.33. The van der Waals surface area contributed by atoms with Crippen molar-refractivity contribution in [3.05, 3.63) is 53.5 Å². The number of aromatic nitrogens is 1. The number of pyridine rings is 1. The molecule has 27 heavy (non-hydrogen) atoms. The van der Waals surface area contributed by atoms with E-state index in [-0.39, 0.29) is 12.5 Å². The van der Waals surface area contributed by atoms with Crippen LogP contribution in [0.15, 0.2) is 40.9 Å². The highest BCUT2D eigenvalue weighted by molar-refractivity contribution is 5.97. The molecule has 0 aliphatic carbocycles. The highest BCUT2D eigenvalue weighted by atomic mass is 16.5. The molecule has 0 aliphatic rings. The summed E-state index contributed by atoms with van der Waals surface area (Å²) < 4.78 is 16.6. The SMILES string of the molecule is CCOC(=O)c1cc(Oc2ccc(C(=O)N(C)C)nc2)c2cc(C)oc2c1. The third-order valence-corrected chi connectivity index (χ3v) is 3.82. The van der Waals surface area contributed by atoms with Gasteiger partial charge in [0.15, 0.2) is 0 Å². The maximum Gasteiger partial charge on any atom is 0.338 e. The molecule has 3 rings (SSSR count). The normalized spacial score (nSPS) is 10.7. The average Bonchev–Trinajstić information content (AvgIpc) is 3.02. The van der Waals surface area contributed by atoms with Crippen LogP contribution in [0.3, 0.4) is 0 Å². The molecule has 140 valence electrons. The standard InChI is InChI=1S/C20H20N2O5/c1-5-25-20(24)13-9-17-15(8-12(2)26-17)18(10-13)27-14-6-7-16(21-11-14)19(23)22(3)4/h6-11H,5H2,1-4H3. The van der Waals surface area contributed by atoms with E-state index in [1.807, 2.05) is 13.0 Å². The van der Waals surface area contributed by atoms with Crippen LogP contribution in [0.5, 0.6) is 11.5 Å². The molecule has 0 saturated heterocycles. The number of benzene rings is 1. The maximum atomic E-state index is 12.1. The molecule has 0 fully saturated rings. The van der Waals surface area contributed by atoms with Gasteiger partial charge in [0, 0.05) is 14.1 Å². The Morgan fingerprint density at radius 3 is 2.59 bits per heavy atom. The average molecular weight is 368 g/mol. The minimum atomic E-state index is -0.455. The monoisotopic (exact) mass is 368 g/mol. The number of rotatable bonds is 5. The van der Waals surface area contributed by atoms with Crippen molar-refractivity contribution in [1.82, 2.24) is 9.88 Å². The first-order valence-electron chi connectivity index (χ1n) is 8.46. The summed E-state index contributed by atoms with van der Waals surface area (Å²) in [6, 6.07) is 8.31. The number of carbonyl (C=O) groups is 2. The Morgan fingerprint density at radius 1 is 1.19 bits per heavy atom. The van der Waals surface area contributed by atoms with Gasteiger partial charge < -0.3 is 18.8 Å². The Morgan fingerprint density at radius 2 is 1.96 bits per heavy atom. The number of esters is 1. The van der Waals surface area contributed by atoms with Crippen LogP contribution in [-0.4, -0.2) is 42.5 Å². The van der Waals surface area contributed by atoms with E-state index in [2.05, 4.69) is 4.98 Å². The molecule has 7 heteroatoms. The van der Waals surface area contributed by atoms with Gasteiger partial charge in [0.1, 0.15) is 28.5 Å². The molecule has 3 aromatic rings. The fourth-order valence-electron chi connectivity index (χ4n) is 2.57. The van der Waals surface area contributed by atoms with Crippen LogP contribution in [0.1, 0.15) is 33.5 Å². The van der Waals surface area contributed by atoms with Gasteiger partial charge in [0.05, 0.1) is 23.8 Å². The lowest BCUT2D eigenvalue weighted by Gasteiger charge is -2.11. The van der Waals surface area contributed by atoms with Crippen molar-refractivity contribution in [2.24, 2.45) is 0 Å². The van der Waals surface area contributed by atoms with Gasteiger partial charge in [-0.3, -0.25) is 4.79 Å². The number of nitrogens with zero attached hydrogens (tertiary/aromatic N) is 2. The Hall–Kier alpha value is -3.35. The van der Waals surface area contributed by atoms with Crippen LogP contribution >= 0.6 is 0 Å². The predicted octanol–water partition coefficient (Wildman–Crippen LogP) is 3.81. The number of furan rings is 1. The first-order valence-corrected chi connectivity index (χ1v) is 8.46. The van der Waals surface area contributed by atoms with E-state index >= 15 is 0 Å². The lowest BCUT2D eigenvalue weighted by Crippen LogP contribution is -2.22. The van der Waals surface area contributed by atoms with Crippen molar-refractivity contribution in [2.45, 2.75) is 13.8 Å². The number of hydrogen-bond acceptors (Lipinski definition) is 6. The predicted molar refractivity (Wildman–Crippen MR) is 99.2 cm³/mol. The van der Waals surface area contributed by atoms with Crippen LogP contribution in [0.25, 0.3) is 11.0 Å². The van der Waals surface area contributed by atoms with Crippen molar-refractivity contribution in [3.8, 4) is 11.5 Å². The molecule has 0 spiro atoms. The molecule has 7 nitrogen and oxygen atoms in total. The second-order valence-corrected chi connectivity index (χ2v) is 6.14. The second-order valence-electron chi connectivity index (χ2n) is 6.14. The van der Waals surface area contributed by atoms with E-state index in [9.17, 15) is 9.59 Å². The van der Waals surface area contributed by atoms with Gasteiger partial charge in [0.2, 0.25) is 0 Å². The molecular formula is C20H20N2O5. The van der Waals surface area contributed by atoms with E-state index in [0.717, 1.165) is 5.39 Å². The van der Waals surface area contributed by atoms with Gasteiger partial charge in [-0.25, -0.2) is 9.78 Å². The summed E-state index contributed by atoms with van der Waals surface area (Å²) in [5.74, 6) is 0.926. The number of hydrogen-bond donors (Lipinski definition) is 0. The van der Waals surface area contributed by atoms with E-state index in [1.165, 1.54) is 11.1 Å². The van der Waals surface area contributed by atoms with Crippen molar-refractivity contribution < 1.29 is 23.5 Å². The summed E-state index contributed by atoms with van der Waals surface area (Å²) in [6.45, 7) is 3.83. The largest absolute Gasteiger partial charge is 0.462 e. The van der Waals surface area contributed by atoms with Crippen LogP contribution in [-0.2, 0) is 4.74 Å². The quantitative estimate of drug-likeness (QED) is 0.637. The van der Waals surface area contributed by atoms with E-state index in [4.69, 9.17) is 13.9 Å². The molecule has 0 saturated carbocycles. The van der Waals surface area contributed by atoms with Crippen LogP contribution in [0.4, 0.5) is 0 Å². The van der Waals surface area contributed by atoms with Crippen LogP contribution < -0.4 is 4.74 Å². The summed E-state index contributed by atoms with van der Waals surface area (Å²) in [4.78, 5) is 29.6. The lowest BCUT2D eigenvalue weighted by atomic mass is 10.1. The van der Waals surface area contributed by atoms with Gasteiger partial charge in [-0.15, -0.1) is 0 Å². The van der Waals surface area contributed by atoms with E-state index < -0.39 is 5.97 Å². The number of ether oxygens (including phenoxy) is 2. The minimum absolute atomic E-state index is 0.196. The first-order chi connectivity index (χ1) is 12.9. The molecule has 0 atom stereocenters. The molecular weight excluding hydrogens is 348 g/mol. The molecule has 0 aliphatic heterocycles. The third kappa shape index (κ3) is 3.92. The first kappa shape index (κ1) is 18.4. The topological polar surface area (TPSA) is 81.9 Å². The lowest BCUT2D eigenvalue weighted by molar-refractivity contribution is 0.0526. The smallest absolute Gasteiger partial charge is 0.338 e. The van der Waals surface area contributed by atoms with Crippen LogP contribution in [0.2, 0.25) is 0 Å². The van der Waals surface area contributed by atoms with Crippen molar-refractivity contribution in [3.63, 3.8) is 0 Å².